The van der Waals surface area contributed by atoms with E-state index in [4.69, 9.17) is 0 Å². The molecular formula is C25H27N3O3. The molecule has 2 aliphatic heterocycles. The lowest BCUT2D eigenvalue weighted by atomic mass is 9.89. The van der Waals surface area contributed by atoms with Crippen molar-refractivity contribution in [2.75, 3.05) is 19.6 Å². The molecule has 2 aromatic carbocycles. The van der Waals surface area contributed by atoms with E-state index in [1.54, 1.807) is 4.90 Å². The van der Waals surface area contributed by atoms with Crippen molar-refractivity contribution in [3.05, 3.63) is 71.8 Å². The summed E-state index contributed by atoms with van der Waals surface area (Å²) in [6.45, 7) is 1.69. The van der Waals surface area contributed by atoms with Crippen LogP contribution in [0.25, 0.3) is 0 Å². The van der Waals surface area contributed by atoms with Gasteiger partial charge in [-0.1, -0.05) is 60.7 Å². The normalized spacial score (nSPS) is 16.8. The Morgan fingerprint density at radius 2 is 1.42 bits per heavy atom. The maximum Gasteiger partial charge on any atom is 0.243 e. The van der Waals surface area contributed by atoms with Crippen molar-refractivity contribution in [2.45, 2.75) is 32.1 Å². The monoisotopic (exact) mass is 417 g/mol. The molecule has 0 radical (unpaired) electrons. The summed E-state index contributed by atoms with van der Waals surface area (Å²) in [5, 5.41) is 5.93. The number of benzene rings is 2. The molecule has 2 heterocycles. The van der Waals surface area contributed by atoms with Crippen LogP contribution in [-0.4, -0.2) is 52.9 Å². The summed E-state index contributed by atoms with van der Waals surface area (Å²) in [7, 11) is 0. The van der Waals surface area contributed by atoms with E-state index in [2.05, 4.69) is 5.10 Å². The van der Waals surface area contributed by atoms with Gasteiger partial charge < -0.3 is 4.90 Å². The average Bonchev–Trinajstić information content (AvgIpc) is 3.34. The Morgan fingerprint density at radius 3 is 2.10 bits per heavy atom. The molecule has 2 aliphatic rings. The van der Waals surface area contributed by atoms with Crippen molar-refractivity contribution < 1.29 is 14.4 Å². The number of hydrogen-bond acceptors (Lipinski definition) is 4. The molecule has 6 nitrogen and oxygen atoms in total. The van der Waals surface area contributed by atoms with Crippen LogP contribution < -0.4 is 0 Å². The fourth-order valence-corrected chi connectivity index (χ4v) is 4.20. The SMILES string of the molecule is O=C(c1ccccc1)C1CCN(C(=O)CCC(=O)N2CCC(c3ccccc3)=N2)CC1. The van der Waals surface area contributed by atoms with Crippen molar-refractivity contribution in [1.29, 1.82) is 0 Å². The smallest absolute Gasteiger partial charge is 0.243 e. The molecule has 1 saturated heterocycles. The van der Waals surface area contributed by atoms with Gasteiger partial charge in [-0.2, -0.15) is 5.10 Å². The predicted molar refractivity (Wildman–Crippen MR) is 119 cm³/mol. The van der Waals surface area contributed by atoms with Gasteiger partial charge in [-0.25, -0.2) is 5.01 Å². The number of carbonyl (C=O) groups is 3. The molecule has 0 bridgehead atoms. The molecule has 0 spiro atoms. The summed E-state index contributed by atoms with van der Waals surface area (Å²) in [6, 6.07) is 19.2. The number of carbonyl (C=O) groups excluding carboxylic acids is 3. The molecule has 31 heavy (non-hydrogen) atoms. The first kappa shape index (κ1) is 21.0. The molecule has 1 fully saturated rings. The molecule has 4 rings (SSSR count). The zero-order chi connectivity index (χ0) is 21.6. The second-order valence-electron chi connectivity index (χ2n) is 8.06. The second-order valence-corrected chi connectivity index (χ2v) is 8.06. The lowest BCUT2D eigenvalue weighted by molar-refractivity contribution is -0.137. The fourth-order valence-electron chi connectivity index (χ4n) is 4.20. The molecule has 160 valence electrons. The van der Waals surface area contributed by atoms with Crippen molar-refractivity contribution in [1.82, 2.24) is 9.91 Å². The number of hydrazone groups is 1. The molecule has 0 unspecified atom stereocenters. The molecule has 0 aromatic heterocycles. The lowest BCUT2D eigenvalue weighted by Crippen LogP contribution is -2.40. The molecule has 0 N–H and O–H groups in total. The van der Waals surface area contributed by atoms with Gasteiger partial charge in [-0.15, -0.1) is 0 Å². The number of ketones is 1. The summed E-state index contributed by atoms with van der Waals surface area (Å²) in [5.74, 6) is -0.0220. The van der Waals surface area contributed by atoms with Crippen LogP contribution in [0.2, 0.25) is 0 Å². The summed E-state index contributed by atoms with van der Waals surface area (Å²) in [6.07, 6.45) is 2.41. The predicted octanol–water partition coefficient (Wildman–Crippen LogP) is 3.52. The number of piperidine rings is 1. The minimum atomic E-state index is -0.117. The summed E-state index contributed by atoms with van der Waals surface area (Å²) >= 11 is 0. The topological polar surface area (TPSA) is 70.1 Å². The fraction of sp³-hybridized carbons (Fsp3) is 0.360. The number of likely N-dealkylation sites (tertiary alicyclic amines) is 1. The van der Waals surface area contributed by atoms with Gasteiger partial charge >= 0.3 is 0 Å². The third kappa shape index (κ3) is 5.08. The zero-order valence-corrected chi connectivity index (χ0v) is 17.6. The van der Waals surface area contributed by atoms with Gasteiger partial charge in [-0.05, 0) is 18.4 Å². The maximum absolute atomic E-state index is 12.6. The van der Waals surface area contributed by atoms with Crippen LogP contribution >= 0.6 is 0 Å². The zero-order valence-electron chi connectivity index (χ0n) is 17.6. The van der Waals surface area contributed by atoms with Gasteiger partial charge in [0.05, 0.1) is 12.3 Å². The third-order valence-electron chi connectivity index (χ3n) is 6.03. The van der Waals surface area contributed by atoms with E-state index in [-0.39, 0.29) is 36.4 Å². The van der Waals surface area contributed by atoms with Crippen LogP contribution in [-0.2, 0) is 9.59 Å². The molecule has 2 amide bonds. The number of rotatable bonds is 6. The summed E-state index contributed by atoms with van der Waals surface area (Å²) in [5.41, 5.74) is 2.67. The highest BCUT2D eigenvalue weighted by atomic mass is 16.2. The van der Waals surface area contributed by atoms with Gasteiger partial charge in [0.15, 0.2) is 5.78 Å². The van der Waals surface area contributed by atoms with Gasteiger partial charge in [0.2, 0.25) is 11.8 Å². The van der Waals surface area contributed by atoms with Crippen LogP contribution in [0.15, 0.2) is 65.8 Å². The Kier molecular flexibility index (Phi) is 6.55. The molecular weight excluding hydrogens is 390 g/mol. The van der Waals surface area contributed by atoms with Crippen LogP contribution in [0.5, 0.6) is 0 Å². The van der Waals surface area contributed by atoms with Gasteiger partial charge in [0.25, 0.3) is 0 Å². The van der Waals surface area contributed by atoms with Crippen molar-refractivity contribution in [2.24, 2.45) is 11.0 Å². The highest BCUT2D eigenvalue weighted by Crippen LogP contribution is 2.23. The first-order valence-electron chi connectivity index (χ1n) is 10.9. The van der Waals surface area contributed by atoms with E-state index in [0.29, 0.717) is 32.5 Å². The first-order valence-corrected chi connectivity index (χ1v) is 10.9. The van der Waals surface area contributed by atoms with Crippen LogP contribution in [0, 0.1) is 5.92 Å². The minimum Gasteiger partial charge on any atom is -0.343 e. The Balaban J connectivity index is 1.23. The van der Waals surface area contributed by atoms with Gasteiger partial charge in [0.1, 0.15) is 0 Å². The first-order chi connectivity index (χ1) is 15.1. The Morgan fingerprint density at radius 1 is 0.806 bits per heavy atom. The quantitative estimate of drug-likeness (QED) is 0.675. The van der Waals surface area contributed by atoms with Crippen molar-refractivity contribution in [3.63, 3.8) is 0 Å². The Hall–Kier alpha value is -3.28. The lowest BCUT2D eigenvalue weighted by Gasteiger charge is -2.31. The number of Topliss-reactive ketones (excluding diaryl/α,β-unsaturated/α-hetero) is 1. The average molecular weight is 418 g/mol. The largest absolute Gasteiger partial charge is 0.343 e. The summed E-state index contributed by atoms with van der Waals surface area (Å²) < 4.78 is 0. The Labute approximate surface area is 182 Å². The van der Waals surface area contributed by atoms with Crippen molar-refractivity contribution in [3.8, 4) is 0 Å². The standard InChI is InChI=1S/C25H27N3O3/c29-23(27-16-13-21(14-17-27)25(31)20-9-5-2-6-10-20)11-12-24(30)28-18-15-22(26-28)19-7-3-1-4-8-19/h1-10,21H,11-18H2. The number of nitrogens with zero attached hydrogens (tertiary/aromatic N) is 3. The van der Waals surface area contributed by atoms with Crippen LogP contribution in [0.1, 0.15) is 48.0 Å². The van der Waals surface area contributed by atoms with Crippen LogP contribution in [0.4, 0.5) is 0 Å². The molecule has 0 atom stereocenters. The van der Waals surface area contributed by atoms with E-state index in [0.717, 1.165) is 23.3 Å². The highest BCUT2D eigenvalue weighted by Gasteiger charge is 2.28. The number of amides is 2. The molecule has 0 aliphatic carbocycles. The maximum atomic E-state index is 12.6. The Bertz CT molecular complexity index is 964. The van der Waals surface area contributed by atoms with Gasteiger partial charge in [0, 0.05) is 43.8 Å². The second kappa shape index (κ2) is 9.69. The van der Waals surface area contributed by atoms with E-state index in [9.17, 15) is 14.4 Å². The van der Waals surface area contributed by atoms with E-state index in [1.165, 1.54) is 5.01 Å². The van der Waals surface area contributed by atoms with E-state index in [1.807, 2.05) is 60.7 Å². The minimum absolute atomic E-state index is 0.0228. The van der Waals surface area contributed by atoms with Crippen molar-refractivity contribution >= 4 is 23.3 Å². The third-order valence-corrected chi connectivity index (χ3v) is 6.03. The van der Waals surface area contributed by atoms with E-state index >= 15 is 0 Å². The molecule has 0 saturated carbocycles. The summed E-state index contributed by atoms with van der Waals surface area (Å²) in [4.78, 5) is 39.5. The molecule has 2 aromatic rings. The van der Waals surface area contributed by atoms with Gasteiger partial charge in [-0.3, -0.25) is 14.4 Å². The number of hydrogen-bond donors (Lipinski definition) is 0. The van der Waals surface area contributed by atoms with Crippen LogP contribution in [0.3, 0.4) is 0 Å². The molecule has 6 heteroatoms. The highest BCUT2D eigenvalue weighted by molar-refractivity contribution is 6.02. The van der Waals surface area contributed by atoms with E-state index < -0.39 is 0 Å².